The lowest BCUT2D eigenvalue weighted by atomic mass is 10.2. The molecule has 0 aliphatic rings. The molecule has 108 valence electrons. The van der Waals surface area contributed by atoms with Gasteiger partial charge in [0.1, 0.15) is 0 Å². The highest BCUT2D eigenvalue weighted by Gasteiger charge is 2.11. The van der Waals surface area contributed by atoms with E-state index in [1.54, 1.807) is 11.8 Å². The Kier molecular flexibility index (Phi) is 5.69. The standard InChI is InChI=1S/C15H19BrN2OS/c1-3-18-13(8-11(2)17-18)9-14(19)10-20-15-6-4-12(16)5-7-15/h4-8,14,19H,3,9-10H2,1-2H3. The molecule has 20 heavy (non-hydrogen) atoms. The van der Waals surface area contributed by atoms with Crippen molar-refractivity contribution >= 4 is 27.7 Å². The van der Waals surface area contributed by atoms with Crippen LogP contribution in [0.1, 0.15) is 18.3 Å². The molecule has 2 rings (SSSR count). The largest absolute Gasteiger partial charge is 0.392 e. The molecule has 1 heterocycles. The number of halogens is 1. The van der Waals surface area contributed by atoms with Crippen LogP contribution in [0.15, 0.2) is 39.7 Å². The maximum atomic E-state index is 10.2. The van der Waals surface area contributed by atoms with Crippen molar-refractivity contribution in [2.75, 3.05) is 5.75 Å². The van der Waals surface area contributed by atoms with E-state index in [1.807, 2.05) is 23.7 Å². The normalized spacial score (nSPS) is 12.6. The predicted molar refractivity (Wildman–Crippen MR) is 87.2 cm³/mol. The molecule has 0 aliphatic carbocycles. The van der Waals surface area contributed by atoms with Gasteiger partial charge in [-0.2, -0.15) is 5.10 Å². The zero-order valence-corrected chi connectivity index (χ0v) is 14.1. The summed E-state index contributed by atoms with van der Waals surface area (Å²) in [6, 6.07) is 10.2. The molecule has 1 aromatic heterocycles. The maximum absolute atomic E-state index is 10.2. The third kappa shape index (κ3) is 4.36. The Morgan fingerprint density at radius 2 is 2.05 bits per heavy atom. The molecule has 0 saturated heterocycles. The molecular formula is C15H19BrN2OS. The summed E-state index contributed by atoms with van der Waals surface area (Å²) in [6.07, 6.45) is 0.295. The zero-order valence-electron chi connectivity index (χ0n) is 11.7. The molecule has 0 bridgehead atoms. The Balaban J connectivity index is 1.88. The minimum Gasteiger partial charge on any atom is -0.392 e. The van der Waals surface area contributed by atoms with Gasteiger partial charge >= 0.3 is 0 Å². The highest BCUT2D eigenvalue weighted by Crippen LogP contribution is 2.22. The molecule has 3 nitrogen and oxygen atoms in total. The molecular weight excluding hydrogens is 336 g/mol. The minimum atomic E-state index is -0.356. The molecule has 0 radical (unpaired) electrons. The van der Waals surface area contributed by atoms with Gasteiger partial charge in [0.15, 0.2) is 0 Å². The van der Waals surface area contributed by atoms with Gasteiger partial charge in [-0.05, 0) is 44.2 Å². The number of thioether (sulfide) groups is 1. The second-order valence-electron chi connectivity index (χ2n) is 4.72. The molecule has 0 saturated carbocycles. The van der Waals surface area contributed by atoms with Gasteiger partial charge in [-0.1, -0.05) is 15.9 Å². The first-order valence-corrected chi connectivity index (χ1v) is 8.46. The van der Waals surface area contributed by atoms with Crippen LogP contribution >= 0.6 is 27.7 Å². The first-order valence-electron chi connectivity index (χ1n) is 6.68. The summed E-state index contributed by atoms with van der Waals surface area (Å²) < 4.78 is 3.03. The number of aliphatic hydroxyl groups is 1. The van der Waals surface area contributed by atoms with E-state index in [4.69, 9.17) is 0 Å². The van der Waals surface area contributed by atoms with Gasteiger partial charge in [0.05, 0.1) is 11.8 Å². The van der Waals surface area contributed by atoms with Crippen molar-refractivity contribution in [2.24, 2.45) is 0 Å². The predicted octanol–water partition coefficient (Wildman–Crippen LogP) is 3.67. The van der Waals surface area contributed by atoms with Crippen LogP contribution in [0.2, 0.25) is 0 Å². The monoisotopic (exact) mass is 354 g/mol. The first-order chi connectivity index (χ1) is 9.58. The number of aliphatic hydroxyl groups excluding tert-OH is 1. The number of benzene rings is 1. The number of aryl methyl sites for hydroxylation is 2. The van der Waals surface area contributed by atoms with Crippen molar-refractivity contribution in [3.8, 4) is 0 Å². The second-order valence-corrected chi connectivity index (χ2v) is 6.72. The zero-order chi connectivity index (χ0) is 14.5. The highest BCUT2D eigenvalue weighted by molar-refractivity contribution is 9.10. The summed E-state index contributed by atoms with van der Waals surface area (Å²) in [5.41, 5.74) is 2.11. The molecule has 0 fully saturated rings. The van der Waals surface area contributed by atoms with E-state index in [9.17, 15) is 5.11 Å². The molecule has 1 aromatic carbocycles. The first kappa shape index (κ1) is 15.6. The number of rotatable bonds is 6. The Bertz CT molecular complexity index is 554. The van der Waals surface area contributed by atoms with Crippen molar-refractivity contribution in [3.63, 3.8) is 0 Å². The van der Waals surface area contributed by atoms with E-state index in [0.717, 1.165) is 22.4 Å². The highest BCUT2D eigenvalue weighted by atomic mass is 79.9. The Morgan fingerprint density at radius 3 is 2.70 bits per heavy atom. The molecule has 1 N–H and O–H groups in total. The summed E-state index contributed by atoms with van der Waals surface area (Å²) in [4.78, 5) is 1.17. The lowest BCUT2D eigenvalue weighted by Crippen LogP contribution is -2.16. The van der Waals surface area contributed by atoms with Crippen molar-refractivity contribution in [3.05, 3.63) is 46.2 Å². The van der Waals surface area contributed by atoms with Crippen LogP contribution in [-0.4, -0.2) is 26.7 Å². The third-order valence-corrected chi connectivity index (χ3v) is 4.67. The lowest BCUT2D eigenvalue weighted by Gasteiger charge is -2.11. The molecule has 5 heteroatoms. The summed E-state index contributed by atoms with van der Waals surface area (Å²) in [5, 5.41) is 14.6. The third-order valence-electron chi connectivity index (χ3n) is 2.99. The van der Waals surface area contributed by atoms with E-state index in [2.05, 4.69) is 46.2 Å². The summed E-state index contributed by atoms with van der Waals surface area (Å²) >= 11 is 5.10. The van der Waals surface area contributed by atoms with E-state index in [0.29, 0.717) is 12.2 Å². The fraction of sp³-hybridized carbons (Fsp3) is 0.400. The van der Waals surface area contributed by atoms with Crippen LogP contribution in [0.5, 0.6) is 0 Å². The summed E-state index contributed by atoms with van der Waals surface area (Å²) in [5.74, 6) is 0.690. The molecule has 2 aromatic rings. The van der Waals surface area contributed by atoms with E-state index in [-0.39, 0.29) is 6.10 Å². The van der Waals surface area contributed by atoms with Crippen LogP contribution in [0.3, 0.4) is 0 Å². The minimum absolute atomic E-state index is 0.356. The van der Waals surface area contributed by atoms with Gasteiger partial charge in [0, 0.05) is 33.8 Å². The van der Waals surface area contributed by atoms with Crippen molar-refractivity contribution in [1.29, 1.82) is 0 Å². The maximum Gasteiger partial charge on any atom is 0.0689 e. The molecule has 0 amide bonds. The quantitative estimate of drug-likeness (QED) is 0.804. The lowest BCUT2D eigenvalue weighted by molar-refractivity contribution is 0.197. The molecule has 0 spiro atoms. The van der Waals surface area contributed by atoms with Crippen LogP contribution in [0.25, 0.3) is 0 Å². The average molecular weight is 355 g/mol. The summed E-state index contributed by atoms with van der Waals surface area (Å²) in [6.45, 7) is 4.90. The van der Waals surface area contributed by atoms with Gasteiger partial charge in [0.2, 0.25) is 0 Å². The molecule has 1 unspecified atom stereocenters. The molecule has 0 aliphatic heterocycles. The van der Waals surface area contributed by atoms with Crippen molar-refractivity contribution < 1.29 is 5.11 Å². The summed E-state index contributed by atoms with van der Waals surface area (Å²) in [7, 11) is 0. The van der Waals surface area contributed by atoms with Gasteiger partial charge in [-0.25, -0.2) is 0 Å². The fourth-order valence-electron chi connectivity index (χ4n) is 2.06. The van der Waals surface area contributed by atoms with Gasteiger partial charge in [-0.3, -0.25) is 4.68 Å². The smallest absolute Gasteiger partial charge is 0.0689 e. The number of hydrogen-bond acceptors (Lipinski definition) is 3. The van der Waals surface area contributed by atoms with E-state index >= 15 is 0 Å². The van der Waals surface area contributed by atoms with Gasteiger partial charge in [-0.15, -0.1) is 11.8 Å². The van der Waals surface area contributed by atoms with E-state index in [1.165, 1.54) is 4.90 Å². The number of aromatic nitrogens is 2. The number of nitrogens with zero attached hydrogens (tertiary/aromatic N) is 2. The fourth-order valence-corrected chi connectivity index (χ4v) is 3.16. The van der Waals surface area contributed by atoms with Crippen LogP contribution in [-0.2, 0) is 13.0 Å². The second kappa shape index (κ2) is 7.29. The van der Waals surface area contributed by atoms with Crippen molar-refractivity contribution in [2.45, 2.75) is 37.8 Å². The topological polar surface area (TPSA) is 38.0 Å². The average Bonchev–Trinajstić information content (AvgIpc) is 2.78. The number of hydrogen-bond donors (Lipinski definition) is 1. The Morgan fingerprint density at radius 1 is 1.35 bits per heavy atom. The molecule has 1 atom stereocenters. The van der Waals surface area contributed by atoms with Gasteiger partial charge in [0.25, 0.3) is 0 Å². The van der Waals surface area contributed by atoms with Crippen molar-refractivity contribution in [1.82, 2.24) is 9.78 Å². The van der Waals surface area contributed by atoms with E-state index < -0.39 is 0 Å². The van der Waals surface area contributed by atoms with Crippen LogP contribution < -0.4 is 0 Å². The Labute approximate surface area is 132 Å². The SMILES string of the molecule is CCn1nc(C)cc1CC(O)CSc1ccc(Br)cc1. The Hall–Kier alpha value is -0.780. The van der Waals surface area contributed by atoms with Crippen LogP contribution in [0.4, 0.5) is 0 Å². The van der Waals surface area contributed by atoms with Crippen LogP contribution in [0, 0.1) is 6.92 Å². The van der Waals surface area contributed by atoms with Gasteiger partial charge < -0.3 is 5.11 Å².